The molecule has 5 heteroatoms. The Kier molecular flexibility index (Phi) is 5.56. The van der Waals surface area contributed by atoms with Crippen molar-refractivity contribution >= 4 is 23.0 Å². The van der Waals surface area contributed by atoms with Gasteiger partial charge in [-0.1, -0.05) is 19.4 Å². The quantitative estimate of drug-likeness (QED) is 0.504. The summed E-state index contributed by atoms with van der Waals surface area (Å²) < 4.78 is 0. The summed E-state index contributed by atoms with van der Waals surface area (Å²) in [6, 6.07) is 5.80. The van der Waals surface area contributed by atoms with Crippen molar-refractivity contribution in [1.82, 2.24) is 15.3 Å². The highest BCUT2D eigenvalue weighted by Gasteiger charge is 2.04. The largest absolute Gasteiger partial charge is 0.354 e. The van der Waals surface area contributed by atoms with E-state index in [0.29, 0.717) is 5.11 Å². The first-order valence-corrected chi connectivity index (χ1v) is 6.01. The minimum atomic E-state index is 0.592. The van der Waals surface area contributed by atoms with Crippen molar-refractivity contribution in [2.45, 2.75) is 19.8 Å². The van der Waals surface area contributed by atoms with Gasteiger partial charge in [0.05, 0.1) is 11.4 Å². The van der Waals surface area contributed by atoms with Gasteiger partial charge in [-0.25, -0.2) is 0 Å². The van der Waals surface area contributed by atoms with Crippen molar-refractivity contribution in [2.24, 2.45) is 5.10 Å². The molecule has 0 saturated heterocycles. The van der Waals surface area contributed by atoms with Gasteiger partial charge in [0.2, 0.25) is 0 Å². The van der Waals surface area contributed by atoms with E-state index in [1.54, 1.807) is 11.1 Å². The second-order valence-corrected chi connectivity index (χ2v) is 4.22. The normalized spacial score (nSPS) is 11.1. The number of hydrazone groups is 1. The molecule has 1 N–H and O–H groups in total. The van der Waals surface area contributed by atoms with E-state index in [-0.39, 0.29) is 0 Å². The van der Waals surface area contributed by atoms with Gasteiger partial charge in [-0.05, 0) is 30.8 Å². The van der Waals surface area contributed by atoms with E-state index in [0.717, 1.165) is 24.2 Å². The molecule has 0 fully saturated rings. The van der Waals surface area contributed by atoms with Crippen molar-refractivity contribution in [2.75, 3.05) is 14.1 Å². The molecule has 4 nitrogen and oxygen atoms in total. The van der Waals surface area contributed by atoms with Crippen molar-refractivity contribution in [3.63, 3.8) is 0 Å². The van der Waals surface area contributed by atoms with Gasteiger partial charge in [0.15, 0.2) is 5.11 Å². The standard InChI is InChI=1S/C12H18N4S/c1-4-7-11(10-8-5-6-9-13-10)14-15-12(17)16(2)3/h5-6,8-9H,4,7H2,1-3H3,(H,15,17). The summed E-state index contributed by atoms with van der Waals surface area (Å²) in [7, 11) is 3.76. The van der Waals surface area contributed by atoms with Crippen LogP contribution in [0, 0.1) is 0 Å². The molecule has 0 spiro atoms. The van der Waals surface area contributed by atoms with Crippen LogP contribution in [0.15, 0.2) is 29.5 Å². The zero-order valence-electron chi connectivity index (χ0n) is 10.5. The van der Waals surface area contributed by atoms with Gasteiger partial charge in [0.25, 0.3) is 0 Å². The highest BCUT2D eigenvalue weighted by molar-refractivity contribution is 7.80. The molecule has 0 radical (unpaired) electrons. The number of hydrogen-bond acceptors (Lipinski definition) is 3. The van der Waals surface area contributed by atoms with E-state index >= 15 is 0 Å². The Morgan fingerprint density at radius 1 is 1.47 bits per heavy atom. The summed E-state index contributed by atoms with van der Waals surface area (Å²) in [5.41, 5.74) is 4.69. The number of nitrogens with zero attached hydrogens (tertiary/aromatic N) is 3. The molecular formula is C12H18N4S. The Hall–Kier alpha value is -1.49. The Bertz CT molecular complexity index is 387. The summed E-state index contributed by atoms with van der Waals surface area (Å²) in [5, 5.41) is 4.92. The van der Waals surface area contributed by atoms with Crippen molar-refractivity contribution in [1.29, 1.82) is 0 Å². The molecule has 0 atom stereocenters. The van der Waals surface area contributed by atoms with Crippen LogP contribution < -0.4 is 5.43 Å². The molecule has 92 valence electrons. The third-order valence-electron chi connectivity index (χ3n) is 2.14. The third kappa shape index (κ3) is 4.48. The number of thiocarbonyl (C=S) groups is 1. The fourth-order valence-electron chi connectivity index (χ4n) is 1.23. The zero-order valence-corrected chi connectivity index (χ0v) is 11.3. The van der Waals surface area contributed by atoms with E-state index < -0.39 is 0 Å². The van der Waals surface area contributed by atoms with Crippen LogP contribution in [0.5, 0.6) is 0 Å². The minimum absolute atomic E-state index is 0.592. The summed E-state index contributed by atoms with van der Waals surface area (Å²) in [6.45, 7) is 2.11. The fraction of sp³-hybridized carbons (Fsp3) is 0.417. The summed E-state index contributed by atoms with van der Waals surface area (Å²) >= 11 is 5.12. The topological polar surface area (TPSA) is 40.5 Å². The second-order valence-electron chi connectivity index (χ2n) is 3.83. The number of rotatable bonds is 4. The minimum Gasteiger partial charge on any atom is -0.354 e. The Morgan fingerprint density at radius 2 is 2.24 bits per heavy atom. The van der Waals surface area contributed by atoms with Gasteiger partial charge in [0, 0.05) is 20.3 Å². The molecule has 0 bridgehead atoms. The van der Waals surface area contributed by atoms with E-state index in [9.17, 15) is 0 Å². The predicted octanol–water partition coefficient (Wildman–Crippen LogP) is 2.02. The van der Waals surface area contributed by atoms with E-state index in [1.807, 2.05) is 32.3 Å². The van der Waals surface area contributed by atoms with Crippen LogP contribution in [-0.2, 0) is 0 Å². The summed E-state index contributed by atoms with van der Waals surface area (Å²) in [6.07, 6.45) is 3.66. The maximum Gasteiger partial charge on any atom is 0.189 e. The molecule has 0 aliphatic rings. The average molecular weight is 250 g/mol. The van der Waals surface area contributed by atoms with Crippen LogP contribution in [-0.4, -0.2) is 34.8 Å². The van der Waals surface area contributed by atoms with Gasteiger partial charge in [-0.3, -0.25) is 10.4 Å². The number of hydrogen-bond donors (Lipinski definition) is 1. The van der Waals surface area contributed by atoms with E-state index in [1.165, 1.54) is 0 Å². The van der Waals surface area contributed by atoms with Gasteiger partial charge in [0.1, 0.15) is 0 Å². The van der Waals surface area contributed by atoms with Crippen molar-refractivity contribution in [3.05, 3.63) is 30.1 Å². The lowest BCUT2D eigenvalue weighted by atomic mass is 10.1. The predicted molar refractivity (Wildman–Crippen MR) is 75.1 cm³/mol. The molecule has 1 heterocycles. The lowest BCUT2D eigenvalue weighted by Gasteiger charge is -2.13. The molecule has 0 amide bonds. The smallest absolute Gasteiger partial charge is 0.189 e. The molecule has 1 rings (SSSR count). The van der Waals surface area contributed by atoms with Gasteiger partial charge in [-0.15, -0.1) is 0 Å². The van der Waals surface area contributed by atoms with E-state index in [4.69, 9.17) is 12.2 Å². The van der Waals surface area contributed by atoms with Crippen LogP contribution in [0.4, 0.5) is 0 Å². The fourth-order valence-corrected chi connectivity index (χ4v) is 1.27. The van der Waals surface area contributed by atoms with Crippen molar-refractivity contribution < 1.29 is 0 Å². The number of pyridine rings is 1. The van der Waals surface area contributed by atoms with Crippen LogP contribution in [0.25, 0.3) is 0 Å². The third-order valence-corrected chi connectivity index (χ3v) is 2.60. The van der Waals surface area contributed by atoms with Gasteiger partial charge < -0.3 is 4.90 Å². The Labute approximate surface area is 108 Å². The zero-order chi connectivity index (χ0) is 12.7. The summed E-state index contributed by atoms with van der Waals surface area (Å²) in [5.74, 6) is 0. The molecule has 17 heavy (non-hydrogen) atoms. The molecule has 1 aromatic heterocycles. The highest BCUT2D eigenvalue weighted by Crippen LogP contribution is 2.02. The van der Waals surface area contributed by atoms with Crippen LogP contribution >= 0.6 is 12.2 Å². The van der Waals surface area contributed by atoms with Gasteiger partial charge in [-0.2, -0.15) is 5.10 Å². The first kappa shape index (κ1) is 13.6. The van der Waals surface area contributed by atoms with Crippen molar-refractivity contribution in [3.8, 4) is 0 Å². The molecule has 0 unspecified atom stereocenters. The van der Waals surface area contributed by atoms with Crippen LogP contribution in [0.3, 0.4) is 0 Å². The molecule has 0 saturated carbocycles. The number of aromatic nitrogens is 1. The molecular weight excluding hydrogens is 232 g/mol. The van der Waals surface area contributed by atoms with Crippen LogP contribution in [0.2, 0.25) is 0 Å². The Balaban J connectivity index is 2.79. The summed E-state index contributed by atoms with van der Waals surface area (Å²) in [4.78, 5) is 6.10. The first-order valence-electron chi connectivity index (χ1n) is 5.60. The average Bonchev–Trinajstić information content (AvgIpc) is 2.35. The molecule has 1 aromatic rings. The molecule has 0 aliphatic carbocycles. The molecule has 0 aliphatic heterocycles. The van der Waals surface area contributed by atoms with Gasteiger partial charge >= 0.3 is 0 Å². The van der Waals surface area contributed by atoms with E-state index in [2.05, 4.69) is 22.4 Å². The lowest BCUT2D eigenvalue weighted by molar-refractivity contribution is 0.605. The first-order chi connectivity index (χ1) is 8.15. The SMILES string of the molecule is CCCC(=NNC(=S)N(C)C)c1ccccn1. The molecule has 0 aromatic carbocycles. The highest BCUT2D eigenvalue weighted by atomic mass is 32.1. The van der Waals surface area contributed by atoms with Crippen LogP contribution in [0.1, 0.15) is 25.5 Å². The monoisotopic (exact) mass is 250 g/mol. The Morgan fingerprint density at radius 3 is 2.76 bits per heavy atom. The second kappa shape index (κ2) is 6.96. The maximum atomic E-state index is 5.12. The number of nitrogens with one attached hydrogen (secondary N) is 1. The lowest BCUT2D eigenvalue weighted by Crippen LogP contribution is -2.31. The maximum absolute atomic E-state index is 5.12.